The highest BCUT2D eigenvalue weighted by molar-refractivity contribution is 5.97. The lowest BCUT2D eigenvalue weighted by Crippen LogP contribution is -2.50. The number of nitrogens with zero attached hydrogens (tertiary/aromatic N) is 2. The molecule has 6 nitrogen and oxygen atoms in total. The standard InChI is InChI=1S/C17H23N3O3.ClH/c1-23-16(21)12-19-8-10-20(11-9-19)17(22)14-4-2-6-15-13(14)5-3-7-18-15;/h2,4,6,18H,3,5,7-12H2,1H3;1H. The smallest absolute Gasteiger partial charge is 0.319 e. The monoisotopic (exact) mass is 353 g/mol. The van der Waals surface area contributed by atoms with Gasteiger partial charge < -0.3 is 15.0 Å². The van der Waals surface area contributed by atoms with Crippen molar-refractivity contribution in [3.8, 4) is 0 Å². The molecule has 0 saturated carbocycles. The number of amides is 1. The molecule has 1 saturated heterocycles. The molecule has 3 rings (SSSR count). The van der Waals surface area contributed by atoms with Crippen LogP contribution in [0.4, 0.5) is 5.69 Å². The lowest BCUT2D eigenvalue weighted by Gasteiger charge is -2.34. The first-order chi connectivity index (χ1) is 11.2. The van der Waals surface area contributed by atoms with Crippen LogP contribution in [0.3, 0.4) is 0 Å². The highest BCUT2D eigenvalue weighted by atomic mass is 35.5. The number of rotatable bonds is 3. The van der Waals surface area contributed by atoms with Crippen LogP contribution in [-0.2, 0) is 16.0 Å². The third-order valence-corrected chi connectivity index (χ3v) is 4.57. The van der Waals surface area contributed by atoms with Crippen LogP contribution in [0.15, 0.2) is 18.2 Å². The minimum atomic E-state index is -0.229. The van der Waals surface area contributed by atoms with Gasteiger partial charge >= 0.3 is 5.97 Å². The summed E-state index contributed by atoms with van der Waals surface area (Å²) in [5.41, 5.74) is 3.04. The Hall–Kier alpha value is -1.79. The van der Waals surface area contributed by atoms with Crippen molar-refractivity contribution in [3.63, 3.8) is 0 Å². The fourth-order valence-corrected chi connectivity index (χ4v) is 3.24. The third-order valence-electron chi connectivity index (χ3n) is 4.57. The zero-order chi connectivity index (χ0) is 16.2. The number of halogens is 1. The first-order valence-electron chi connectivity index (χ1n) is 8.13. The van der Waals surface area contributed by atoms with Crippen molar-refractivity contribution in [2.45, 2.75) is 12.8 Å². The normalized spacial score (nSPS) is 17.3. The quantitative estimate of drug-likeness (QED) is 0.832. The van der Waals surface area contributed by atoms with Crippen molar-refractivity contribution in [2.24, 2.45) is 0 Å². The predicted octanol–water partition coefficient (Wildman–Crippen LogP) is 1.40. The van der Waals surface area contributed by atoms with Gasteiger partial charge in [-0.1, -0.05) is 6.07 Å². The molecule has 1 aromatic carbocycles. The molecule has 7 heteroatoms. The molecule has 0 radical (unpaired) electrons. The van der Waals surface area contributed by atoms with E-state index >= 15 is 0 Å². The summed E-state index contributed by atoms with van der Waals surface area (Å²) < 4.78 is 4.69. The van der Waals surface area contributed by atoms with Gasteiger partial charge in [0.1, 0.15) is 0 Å². The van der Waals surface area contributed by atoms with Gasteiger partial charge in [0.25, 0.3) is 5.91 Å². The Morgan fingerprint density at radius 3 is 2.67 bits per heavy atom. The van der Waals surface area contributed by atoms with Crippen LogP contribution < -0.4 is 5.32 Å². The first-order valence-corrected chi connectivity index (χ1v) is 8.13. The summed E-state index contributed by atoms with van der Waals surface area (Å²) in [5.74, 6) is -0.128. The summed E-state index contributed by atoms with van der Waals surface area (Å²) in [5, 5.41) is 3.37. The average Bonchev–Trinajstić information content (AvgIpc) is 2.61. The van der Waals surface area contributed by atoms with E-state index in [0.717, 1.165) is 36.2 Å². The molecule has 2 heterocycles. The van der Waals surface area contributed by atoms with Crippen molar-refractivity contribution in [1.29, 1.82) is 0 Å². The van der Waals surface area contributed by atoms with Crippen LogP contribution in [0.25, 0.3) is 0 Å². The summed E-state index contributed by atoms with van der Waals surface area (Å²) in [6, 6.07) is 5.91. The second kappa shape index (κ2) is 8.35. The van der Waals surface area contributed by atoms with Crippen LogP contribution in [0.1, 0.15) is 22.3 Å². The highest BCUT2D eigenvalue weighted by Gasteiger charge is 2.26. The maximum atomic E-state index is 12.8. The average molecular weight is 354 g/mol. The Morgan fingerprint density at radius 1 is 1.21 bits per heavy atom. The number of fused-ring (bicyclic) bond motifs is 1. The summed E-state index contributed by atoms with van der Waals surface area (Å²) in [4.78, 5) is 28.1. The van der Waals surface area contributed by atoms with Crippen molar-refractivity contribution >= 4 is 30.0 Å². The number of hydrogen-bond donors (Lipinski definition) is 1. The van der Waals surface area contributed by atoms with Gasteiger partial charge in [0.05, 0.1) is 13.7 Å². The first kappa shape index (κ1) is 18.5. The zero-order valence-corrected chi connectivity index (χ0v) is 14.7. The number of methoxy groups -OCH3 is 1. The number of carbonyl (C=O) groups excluding carboxylic acids is 2. The van der Waals surface area contributed by atoms with E-state index in [4.69, 9.17) is 4.74 Å². The fourth-order valence-electron chi connectivity index (χ4n) is 3.24. The zero-order valence-electron chi connectivity index (χ0n) is 13.9. The molecule has 0 bridgehead atoms. The number of piperazine rings is 1. The maximum Gasteiger partial charge on any atom is 0.319 e. The van der Waals surface area contributed by atoms with Crippen LogP contribution in [-0.4, -0.2) is 68.1 Å². The Kier molecular flexibility index (Phi) is 6.45. The van der Waals surface area contributed by atoms with Crippen molar-refractivity contribution < 1.29 is 14.3 Å². The van der Waals surface area contributed by atoms with Gasteiger partial charge in [-0.3, -0.25) is 14.5 Å². The maximum absolute atomic E-state index is 12.8. The Labute approximate surface area is 148 Å². The van der Waals surface area contributed by atoms with Gasteiger partial charge in [-0.05, 0) is 30.5 Å². The van der Waals surface area contributed by atoms with E-state index in [2.05, 4.69) is 5.32 Å². The molecule has 0 atom stereocenters. The van der Waals surface area contributed by atoms with Gasteiger partial charge in [0, 0.05) is 44.0 Å². The van der Waals surface area contributed by atoms with Crippen LogP contribution in [0.5, 0.6) is 0 Å². The number of anilines is 1. The van der Waals surface area contributed by atoms with E-state index in [-0.39, 0.29) is 24.3 Å². The lowest BCUT2D eigenvalue weighted by molar-refractivity contribution is -0.142. The largest absolute Gasteiger partial charge is 0.468 e. The highest BCUT2D eigenvalue weighted by Crippen LogP contribution is 2.26. The molecule has 0 aromatic heterocycles. The molecule has 0 aliphatic carbocycles. The molecule has 2 aliphatic heterocycles. The van der Waals surface area contributed by atoms with Crippen LogP contribution >= 0.6 is 12.4 Å². The summed E-state index contributed by atoms with van der Waals surface area (Å²) >= 11 is 0. The third kappa shape index (κ3) is 3.99. The van der Waals surface area contributed by atoms with E-state index in [1.54, 1.807) is 0 Å². The van der Waals surface area contributed by atoms with Crippen molar-refractivity contribution in [3.05, 3.63) is 29.3 Å². The number of ether oxygens (including phenoxy) is 1. The number of nitrogens with one attached hydrogen (secondary N) is 1. The van der Waals surface area contributed by atoms with Gasteiger partial charge in [-0.2, -0.15) is 0 Å². The Morgan fingerprint density at radius 2 is 1.96 bits per heavy atom. The number of carbonyl (C=O) groups is 2. The van der Waals surface area contributed by atoms with Gasteiger partial charge in [0.15, 0.2) is 0 Å². The summed E-state index contributed by atoms with van der Waals surface area (Å²) in [6.45, 7) is 3.96. The van der Waals surface area contributed by atoms with Gasteiger partial charge in [0.2, 0.25) is 0 Å². The van der Waals surface area contributed by atoms with Crippen molar-refractivity contribution in [1.82, 2.24) is 9.80 Å². The SMILES string of the molecule is COC(=O)CN1CCN(C(=O)c2cccc3c2CCCN3)CC1.Cl. The lowest BCUT2D eigenvalue weighted by atomic mass is 9.96. The molecule has 24 heavy (non-hydrogen) atoms. The minimum absolute atomic E-state index is 0. The molecule has 1 N–H and O–H groups in total. The molecule has 1 amide bonds. The van der Waals surface area contributed by atoms with E-state index < -0.39 is 0 Å². The van der Waals surface area contributed by atoms with E-state index in [1.807, 2.05) is 28.0 Å². The second-order valence-electron chi connectivity index (χ2n) is 6.01. The van der Waals surface area contributed by atoms with E-state index in [0.29, 0.717) is 32.7 Å². The van der Waals surface area contributed by atoms with Gasteiger partial charge in [-0.25, -0.2) is 0 Å². The number of esters is 1. The fraction of sp³-hybridized carbons (Fsp3) is 0.529. The summed E-state index contributed by atoms with van der Waals surface area (Å²) in [6.07, 6.45) is 2.01. The molecule has 1 fully saturated rings. The topological polar surface area (TPSA) is 61.9 Å². The summed E-state index contributed by atoms with van der Waals surface area (Å²) in [7, 11) is 1.40. The second-order valence-corrected chi connectivity index (χ2v) is 6.01. The minimum Gasteiger partial charge on any atom is -0.468 e. The molecule has 0 unspecified atom stereocenters. The molecular weight excluding hydrogens is 330 g/mol. The molecule has 2 aliphatic rings. The molecule has 1 aromatic rings. The number of hydrogen-bond acceptors (Lipinski definition) is 5. The number of benzene rings is 1. The Balaban J connectivity index is 0.00000208. The van der Waals surface area contributed by atoms with E-state index in [1.165, 1.54) is 7.11 Å². The molecule has 0 spiro atoms. The van der Waals surface area contributed by atoms with E-state index in [9.17, 15) is 9.59 Å². The molecule has 132 valence electrons. The van der Waals surface area contributed by atoms with Crippen molar-refractivity contribution in [2.75, 3.05) is 51.7 Å². The van der Waals surface area contributed by atoms with Crippen LogP contribution in [0, 0.1) is 0 Å². The van der Waals surface area contributed by atoms with Gasteiger partial charge in [-0.15, -0.1) is 12.4 Å². The predicted molar refractivity (Wildman–Crippen MR) is 94.9 cm³/mol. The Bertz CT molecular complexity index is 601. The molecular formula is C17H24ClN3O3. The van der Waals surface area contributed by atoms with Crippen LogP contribution in [0.2, 0.25) is 0 Å².